The Morgan fingerprint density at radius 2 is 1.65 bits per heavy atom. The Bertz CT molecular complexity index is 345. The second-order valence-electron chi connectivity index (χ2n) is 8.75. The zero-order valence-electron chi connectivity index (χ0n) is 15.6. The van der Waals surface area contributed by atoms with Gasteiger partial charge in [-0.15, -0.1) is 0 Å². The van der Waals surface area contributed by atoms with E-state index in [1.54, 1.807) is 0 Å². The summed E-state index contributed by atoms with van der Waals surface area (Å²) in [4.78, 5) is 0. The van der Waals surface area contributed by atoms with Gasteiger partial charge in [0.2, 0.25) is 0 Å². The summed E-state index contributed by atoms with van der Waals surface area (Å²) in [5, 5.41) is 3.52. The highest BCUT2D eigenvalue weighted by Crippen LogP contribution is 2.46. The first-order valence-electron chi connectivity index (χ1n) is 10.5. The molecule has 0 aromatic heterocycles. The van der Waals surface area contributed by atoms with E-state index in [-0.39, 0.29) is 0 Å². The summed E-state index contributed by atoms with van der Waals surface area (Å²) in [5.74, 6) is 4.81. The van der Waals surface area contributed by atoms with Gasteiger partial charge in [0, 0.05) is 7.11 Å². The molecule has 0 amide bonds. The predicted molar refractivity (Wildman–Crippen MR) is 97.6 cm³/mol. The summed E-state index contributed by atoms with van der Waals surface area (Å²) >= 11 is 0. The lowest BCUT2D eigenvalue weighted by Crippen LogP contribution is -2.37. The molecule has 0 spiro atoms. The zero-order chi connectivity index (χ0) is 16.1. The molecule has 3 saturated carbocycles. The number of rotatable bonds is 6. The van der Waals surface area contributed by atoms with E-state index < -0.39 is 0 Å². The molecule has 5 unspecified atom stereocenters. The van der Waals surface area contributed by atoms with Crippen LogP contribution in [0.15, 0.2) is 0 Å². The van der Waals surface area contributed by atoms with Gasteiger partial charge >= 0.3 is 0 Å². The number of hydrogen-bond acceptors (Lipinski definition) is 2. The van der Waals surface area contributed by atoms with Crippen molar-refractivity contribution in [2.45, 2.75) is 83.2 Å². The van der Waals surface area contributed by atoms with Gasteiger partial charge in [-0.2, -0.15) is 0 Å². The molecule has 2 heteroatoms. The maximum absolute atomic E-state index is 5.84. The van der Waals surface area contributed by atoms with Crippen LogP contribution in [0.25, 0.3) is 0 Å². The fourth-order valence-electron chi connectivity index (χ4n) is 6.18. The highest BCUT2D eigenvalue weighted by atomic mass is 16.5. The van der Waals surface area contributed by atoms with Crippen LogP contribution in [0, 0.1) is 29.6 Å². The molecule has 0 aliphatic heterocycles. The average molecular weight is 322 g/mol. The lowest BCUT2D eigenvalue weighted by atomic mass is 9.63. The second kappa shape index (κ2) is 8.85. The molecule has 0 bridgehead atoms. The monoisotopic (exact) mass is 321 g/mol. The van der Waals surface area contributed by atoms with Gasteiger partial charge < -0.3 is 10.1 Å². The first-order chi connectivity index (χ1) is 11.3. The Kier molecular flexibility index (Phi) is 6.83. The maximum Gasteiger partial charge on any atom is 0.0599 e. The third-order valence-corrected chi connectivity index (χ3v) is 7.46. The third-order valence-electron chi connectivity index (χ3n) is 7.46. The van der Waals surface area contributed by atoms with Gasteiger partial charge in [0.1, 0.15) is 0 Å². The Labute approximate surface area is 144 Å². The molecule has 134 valence electrons. The maximum atomic E-state index is 5.84. The van der Waals surface area contributed by atoms with Crippen molar-refractivity contribution in [1.82, 2.24) is 5.32 Å². The van der Waals surface area contributed by atoms with Crippen molar-refractivity contribution in [3.8, 4) is 0 Å². The van der Waals surface area contributed by atoms with Gasteiger partial charge in [0.05, 0.1) is 6.10 Å². The largest absolute Gasteiger partial charge is 0.381 e. The van der Waals surface area contributed by atoms with Gasteiger partial charge in [0.25, 0.3) is 0 Å². The minimum absolute atomic E-state index is 0.536. The minimum Gasteiger partial charge on any atom is -0.381 e. The second-order valence-corrected chi connectivity index (χ2v) is 8.75. The van der Waals surface area contributed by atoms with Crippen molar-refractivity contribution in [1.29, 1.82) is 0 Å². The highest BCUT2D eigenvalue weighted by Gasteiger charge is 2.37. The van der Waals surface area contributed by atoms with Crippen molar-refractivity contribution in [3.63, 3.8) is 0 Å². The third kappa shape index (κ3) is 4.51. The summed E-state index contributed by atoms with van der Waals surface area (Å²) in [6, 6.07) is 0. The highest BCUT2D eigenvalue weighted by molar-refractivity contribution is 4.88. The van der Waals surface area contributed by atoms with Crippen LogP contribution in [0.3, 0.4) is 0 Å². The van der Waals surface area contributed by atoms with Crippen LogP contribution >= 0.6 is 0 Å². The van der Waals surface area contributed by atoms with Gasteiger partial charge in [-0.05, 0) is 81.7 Å². The molecule has 0 radical (unpaired) electrons. The molecule has 3 fully saturated rings. The number of hydrogen-bond donors (Lipinski definition) is 1. The molecule has 6 atom stereocenters. The zero-order valence-corrected chi connectivity index (χ0v) is 15.6. The fraction of sp³-hybridized carbons (Fsp3) is 1.00. The Morgan fingerprint density at radius 3 is 2.43 bits per heavy atom. The smallest absolute Gasteiger partial charge is 0.0599 e. The minimum atomic E-state index is 0.536. The summed E-state index contributed by atoms with van der Waals surface area (Å²) in [5.41, 5.74) is 0. The van der Waals surface area contributed by atoms with E-state index in [0.29, 0.717) is 6.10 Å². The van der Waals surface area contributed by atoms with E-state index in [9.17, 15) is 0 Å². The van der Waals surface area contributed by atoms with Crippen LogP contribution in [-0.2, 0) is 4.74 Å². The Morgan fingerprint density at radius 1 is 0.913 bits per heavy atom. The van der Waals surface area contributed by atoms with Crippen molar-refractivity contribution < 1.29 is 4.74 Å². The molecule has 0 aromatic rings. The molecular formula is C21H39NO. The van der Waals surface area contributed by atoms with E-state index in [1.165, 1.54) is 83.6 Å². The van der Waals surface area contributed by atoms with Crippen molar-refractivity contribution >= 4 is 0 Å². The molecule has 3 aliphatic carbocycles. The molecule has 1 N–H and O–H groups in total. The van der Waals surface area contributed by atoms with Crippen LogP contribution in [0.1, 0.15) is 77.0 Å². The first kappa shape index (κ1) is 17.7. The summed E-state index contributed by atoms with van der Waals surface area (Å²) in [6.07, 6.45) is 18.0. The van der Waals surface area contributed by atoms with E-state index in [4.69, 9.17) is 4.74 Å². The van der Waals surface area contributed by atoms with Gasteiger partial charge in [-0.1, -0.05) is 38.5 Å². The van der Waals surface area contributed by atoms with E-state index >= 15 is 0 Å². The molecule has 3 aliphatic rings. The van der Waals surface area contributed by atoms with Crippen LogP contribution in [0.5, 0.6) is 0 Å². The van der Waals surface area contributed by atoms with Crippen LogP contribution in [-0.4, -0.2) is 26.8 Å². The quantitative estimate of drug-likeness (QED) is 0.741. The van der Waals surface area contributed by atoms with Crippen molar-refractivity contribution in [2.24, 2.45) is 29.6 Å². The standard InChI is InChI=1S/C21H39NO/c1-22-15-20(14-19-9-5-6-10-21(19)23-2)18-12-11-16-7-3-4-8-17(16)13-18/h16-22H,3-15H2,1-2H3/t16?,17?,18-,19?,20?,21?/m1/s1. The van der Waals surface area contributed by atoms with E-state index in [1.807, 2.05) is 7.11 Å². The number of methoxy groups -OCH3 is 1. The van der Waals surface area contributed by atoms with Gasteiger partial charge in [0.15, 0.2) is 0 Å². The summed E-state index contributed by atoms with van der Waals surface area (Å²) < 4.78 is 5.84. The molecule has 3 rings (SSSR count). The van der Waals surface area contributed by atoms with Gasteiger partial charge in [-0.3, -0.25) is 0 Å². The topological polar surface area (TPSA) is 21.3 Å². The van der Waals surface area contributed by atoms with Crippen molar-refractivity contribution in [3.05, 3.63) is 0 Å². The Balaban J connectivity index is 1.59. The SMILES string of the molecule is CNCC(CC1CCCCC1OC)[C@@H]1CCC2CCCCC2C1. The predicted octanol–water partition coefficient (Wildman–Crippen LogP) is 5.02. The normalized spacial score (nSPS) is 39.7. The molecule has 2 nitrogen and oxygen atoms in total. The van der Waals surface area contributed by atoms with Crippen molar-refractivity contribution in [2.75, 3.05) is 20.7 Å². The summed E-state index contributed by atoms with van der Waals surface area (Å²) in [7, 11) is 4.08. The summed E-state index contributed by atoms with van der Waals surface area (Å²) in [6.45, 7) is 1.22. The van der Waals surface area contributed by atoms with Crippen LogP contribution in [0.4, 0.5) is 0 Å². The van der Waals surface area contributed by atoms with Crippen LogP contribution < -0.4 is 5.32 Å². The first-order valence-corrected chi connectivity index (χ1v) is 10.5. The number of ether oxygens (including phenoxy) is 1. The number of fused-ring (bicyclic) bond motifs is 1. The lowest BCUT2D eigenvalue weighted by Gasteiger charge is -2.43. The lowest BCUT2D eigenvalue weighted by molar-refractivity contribution is 0.00382. The molecule has 0 aromatic carbocycles. The molecule has 0 saturated heterocycles. The molecule has 0 heterocycles. The molecule has 23 heavy (non-hydrogen) atoms. The Hall–Kier alpha value is -0.0800. The fourth-order valence-corrected chi connectivity index (χ4v) is 6.18. The number of nitrogens with one attached hydrogen (secondary N) is 1. The van der Waals surface area contributed by atoms with Crippen LogP contribution in [0.2, 0.25) is 0 Å². The van der Waals surface area contributed by atoms with E-state index in [0.717, 1.165) is 29.6 Å². The average Bonchev–Trinajstić information content (AvgIpc) is 2.61. The van der Waals surface area contributed by atoms with E-state index in [2.05, 4.69) is 12.4 Å². The van der Waals surface area contributed by atoms with Gasteiger partial charge in [-0.25, -0.2) is 0 Å². The molecular weight excluding hydrogens is 282 g/mol.